The minimum absolute atomic E-state index is 0.340. The van der Waals surface area contributed by atoms with Crippen LogP contribution in [0.4, 0.5) is 0 Å². The first-order chi connectivity index (χ1) is 10.1. The minimum atomic E-state index is -1.18. The Bertz CT molecular complexity index is 427. The number of hydrogen-bond acceptors (Lipinski definition) is 6. The van der Waals surface area contributed by atoms with Crippen LogP contribution in [0.15, 0.2) is 24.3 Å². The number of benzene rings is 1. The Morgan fingerprint density at radius 1 is 1.38 bits per heavy atom. The molecule has 7 heteroatoms. The maximum Gasteiger partial charge on any atom is 0.322 e. The molecule has 0 spiro atoms. The fourth-order valence-electron chi connectivity index (χ4n) is 1.44. The molecule has 0 aliphatic heterocycles. The number of esters is 1. The molecule has 120 valence electrons. The smallest absolute Gasteiger partial charge is 0.322 e. The van der Waals surface area contributed by atoms with Gasteiger partial charge in [0.05, 0.1) is 6.61 Å². The summed E-state index contributed by atoms with van der Waals surface area (Å²) in [4.78, 5) is 10.4. The number of para-hydroxylation sites is 1. The third-order valence-corrected chi connectivity index (χ3v) is 2.81. The van der Waals surface area contributed by atoms with Crippen LogP contribution in [0.5, 0.6) is 5.75 Å². The molecule has 0 fully saturated rings. The van der Waals surface area contributed by atoms with Gasteiger partial charge in [0.1, 0.15) is 11.8 Å². The van der Waals surface area contributed by atoms with Crippen LogP contribution in [0.25, 0.3) is 0 Å². The van der Waals surface area contributed by atoms with Gasteiger partial charge in [-0.05, 0) is 44.9 Å². The lowest BCUT2D eigenvalue weighted by Gasteiger charge is -2.05. The number of ether oxygens (including phenoxy) is 1. The summed E-state index contributed by atoms with van der Waals surface area (Å²) in [5.74, 6) is 0.383. The van der Waals surface area contributed by atoms with Crippen LogP contribution in [0, 0.1) is 0 Å². The van der Waals surface area contributed by atoms with Crippen molar-refractivity contribution < 1.29 is 18.6 Å². The fourth-order valence-corrected chi connectivity index (χ4v) is 1.78. The molecule has 0 bridgehead atoms. The number of rotatable bonds is 7. The van der Waals surface area contributed by atoms with Crippen LogP contribution >= 0.6 is 8.69 Å². The van der Waals surface area contributed by atoms with Crippen molar-refractivity contribution in [2.75, 3.05) is 13.2 Å². The Kier molecular flexibility index (Phi) is 11.6. The van der Waals surface area contributed by atoms with Crippen molar-refractivity contribution in [2.24, 2.45) is 11.5 Å². The molecule has 0 saturated carbocycles. The van der Waals surface area contributed by atoms with E-state index < -0.39 is 14.7 Å². The minimum Gasteiger partial charge on any atom is -0.465 e. The predicted octanol–water partition coefficient (Wildman–Crippen LogP) is 1.52. The highest BCUT2D eigenvalue weighted by atomic mass is 31.1. The van der Waals surface area contributed by atoms with Crippen molar-refractivity contribution in [3.05, 3.63) is 29.8 Å². The SMILES string of the molecule is CCOC(=O)[C@H](C)N.NCCCc1ccccc1O[PH2]=O. The summed E-state index contributed by atoms with van der Waals surface area (Å²) in [7, 11) is -1.18. The Hall–Kier alpha value is -1.36. The highest BCUT2D eigenvalue weighted by molar-refractivity contribution is 7.17. The summed E-state index contributed by atoms with van der Waals surface area (Å²) < 4.78 is 19.9. The lowest BCUT2D eigenvalue weighted by Crippen LogP contribution is -2.28. The van der Waals surface area contributed by atoms with Gasteiger partial charge < -0.3 is 20.7 Å². The van der Waals surface area contributed by atoms with Crippen molar-refractivity contribution in [2.45, 2.75) is 32.7 Å². The number of aryl methyl sites for hydroxylation is 1. The molecule has 1 aromatic carbocycles. The van der Waals surface area contributed by atoms with Crippen molar-refractivity contribution in [1.82, 2.24) is 0 Å². The molecule has 0 aliphatic carbocycles. The first kappa shape index (κ1) is 19.6. The first-order valence-electron chi connectivity index (χ1n) is 6.87. The van der Waals surface area contributed by atoms with E-state index in [-0.39, 0.29) is 5.97 Å². The molecular weight excluding hydrogens is 291 g/mol. The van der Waals surface area contributed by atoms with Gasteiger partial charge in [0.2, 0.25) is 8.69 Å². The van der Waals surface area contributed by atoms with Crippen molar-refractivity contribution in [3.8, 4) is 5.75 Å². The number of nitrogens with two attached hydrogens (primary N) is 2. The van der Waals surface area contributed by atoms with Gasteiger partial charge in [-0.1, -0.05) is 18.2 Å². The summed E-state index contributed by atoms with van der Waals surface area (Å²) in [5.41, 5.74) is 11.6. The Morgan fingerprint density at radius 2 is 2.05 bits per heavy atom. The third kappa shape index (κ3) is 9.24. The molecule has 1 aromatic rings. The second kappa shape index (κ2) is 12.4. The van der Waals surface area contributed by atoms with E-state index in [4.69, 9.17) is 16.0 Å². The Labute approximate surface area is 127 Å². The summed E-state index contributed by atoms with van der Waals surface area (Å²) in [5, 5.41) is 0. The molecule has 1 unspecified atom stereocenters. The standard InChI is InChI=1S/C9H14NO2P.C5H11NO2/c10-7-3-5-8-4-1-2-6-9(8)12-13-11;1-3-8-5(7)4(2)6/h1-2,4,6H,3,5,7,10,13H2;4H,3,6H2,1-2H3/t;4-/m.0/s1. The van der Waals surface area contributed by atoms with E-state index in [1.54, 1.807) is 13.8 Å². The third-order valence-electron chi connectivity index (χ3n) is 2.46. The van der Waals surface area contributed by atoms with Crippen LogP contribution in [-0.2, 0) is 20.5 Å². The number of hydrogen-bond donors (Lipinski definition) is 2. The highest BCUT2D eigenvalue weighted by Gasteiger charge is 2.05. The molecule has 2 atom stereocenters. The highest BCUT2D eigenvalue weighted by Crippen LogP contribution is 2.22. The van der Waals surface area contributed by atoms with E-state index in [0.717, 1.165) is 24.2 Å². The summed E-state index contributed by atoms with van der Waals surface area (Å²) in [6.07, 6.45) is 1.81. The van der Waals surface area contributed by atoms with Crippen molar-refractivity contribution >= 4 is 14.7 Å². The van der Waals surface area contributed by atoms with E-state index in [9.17, 15) is 9.36 Å². The zero-order valence-electron chi connectivity index (χ0n) is 12.6. The molecule has 0 aliphatic rings. The Morgan fingerprint density at radius 3 is 2.52 bits per heavy atom. The van der Waals surface area contributed by atoms with Crippen LogP contribution in [0.2, 0.25) is 0 Å². The van der Waals surface area contributed by atoms with Gasteiger partial charge in [-0.15, -0.1) is 0 Å². The molecule has 0 heterocycles. The van der Waals surface area contributed by atoms with Gasteiger partial charge >= 0.3 is 5.97 Å². The largest absolute Gasteiger partial charge is 0.465 e. The van der Waals surface area contributed by atoms with Gasteiger partial charge in [0, 0.05) is 0 Å². The molecule has 21 heavy (non-hydrogen) atoms. The molecule has 0 saturated heterocycles. The molecule has 0 radical (unpaired) electrons. The second-order valence-corrected chi connectivity index (χ2v) is 4.68. The maximum atomic E-state index is 10.4. The normalized spacial score (nSPS) is 11.6. The van der Waals surface area contributed by atoms with Gasteiger partial charge in [-0.3, -0.25) is 9.36 Å². The average molecular weight is 316 g/mol. The van der Waals surface area contributed by atoms with E-state index in [1.165, 1.54) is 0 Å². The lowest BCUT2D eigenvalue weighted by molar-refractivity contribution is -0.144. The van der Waals surface area contributed by atoms with Crippen molar-refractivity contribution in [3.63, 3.8) is 0 Å². The summed E-state index contributed by atoms with van der Waals surface area (Å²) in [6.45, 7) is 4.41. The van der Waals surface area contributed by atoms with E-state index in [2.05, 4.69) is 4.74 Å². The maximum absolute atomic E-state index is 10.4. The van der Waals surface area contributed by atoms with Crippen LogP contribution < -0.4 is 16.0 Å². The number of carbonyl (C=O) groups is 1. The fraction of sp³-hybridized carbons (Fsp3) is 0.500. The van der Waals surface area contributed by atoms with Crippen LogP contribution in [-0.4, -0.2) is 25.2 Å². The molecule has 4 N–H and O–H groups in total. The first-order valence-corrected chi connectivity index (χ1v) is 7.81. The summed E-state index contributed by atoms with van der Waals surface area (Å²) in [6, 6.07) is 7.13. The monoisotopic (exact) mass is 316 g/mol. The average Bonchev–Trinajstić information content (AvgIpc) is 2.47. The van der Waals surface area contributed by atoms with Crippen molar-refractivity contribution in [1.29, 1.82) is 0 Å². The summed E-state index contributed by atoms with van der Waals surface area (Å²) >= 11 is 0. The van der Waals surface area contributed by atoms with Gasteiger partial charge in [-0.2, -0.15) is 0 Å². The lowest BCUT2D eigenvalue weighted by atomic mass is 10.1. The quantitative estimate of drug-likeness (QED) is 0.584. The second-order valence-electron chi connectivity index (χ2n) is 4.25. The van der Waals surface area contributed by atoms with Crippen LogP contribution in [0.3, 0.4) is 0 Å². The zero-order chi connectivity index (χ0) is 16.1. The van der Waals surface area contributed by atoms with Gasteiger partial charge in [-0.25, -0.2) is 0 Å². The zero-order valence-corrected chi connectivity index (χ0v) is 13.7. The molecular formula is C14H25N2O4P. The molecule has 1 rings (SSSR count). The van der Waals surface area contributed by atoms with Gasteiger partial charge in [0.15, 0.2) is 0 Å². The molecule has 0 amide bonds. The number of carbonyl (C=O) groups excluding carboxylic acids is 1. The topological polar surface area (TPSA) is 105 Å². The van der Waals surface area contributed by atoms with E-state index in [0.29, 0.717) is 13.2 Å². The van der Waals surface area contributed by atoms with E-state index in [1.807, 2.05) is 24.3 Å². The van der Waals surface area contributed by atoms with Gasteiger partial charge in [0.25, 0.3) is 0 Å². The van der Waals surface area contributed by atoms with Crippen LogP contribution in [0.1, 0.15) is 25.8 Å². The Balaban J connectivity index is 0.000000433. The molecule has 0 aromatic heterocycles. The predicted molar refractivity (Wildman–Crippen MR) is 85.1 cm³/mol. The van der Waals surface area contributed by atoms with E-state index >= 15 is 0 Å². The molecule has 6 nitrogen and oxygen atoms in total.